The minimum atomic E-state index is -0.218. The number of ether oxygens (including phenoxy) is 1. The van der Waals surface area contributed by atoms with Gasteiger partial charge in [-0.2, -0.15) is 0 Å². The molecule has 0 amide bonds. The van der Waals surface area contributed by atoms with E-state index in [0.717, 1.165) is 17.3 Å². The zero-order valence-electron chi connectivity index (χ0n) is 11.6. The SMILES string of the molecule is Fc1cccc(Br)c1NCC1CCC2(CCCCC2)O1. The molecule has 2 aliphatic rings. The average molecular weight is 342 g/mol. The Kier molecular flexibility index (Phi) is 4.32. The Morgan fingerprint density at radius 3 is 2.80 bits per heavy atom. The molecular formula is C16H21BrFNO. The van der Waals surface area contributed by atoms with Gasteiger partial charge in [-0.05, 0) is 53.7 Å². The van der Waals surface area contributed by atoms with Crippen LogP contribution in [0.5, 0.6) is 0 Å². The molecule has 1 heterocycles. The summed E-state index contributed by atoms with van der Waals surface area (Å²) < 4.78 is 20.8. The third kappa shape index (κ3) is 3.01. The summed E-state index contributed by atoms with van der Waals surface area (Å²) in [6.07, 6.45) is 8.78. The van der Waals surface area contributed by atoms with Gasteiger partial charge in [0.05, 0.1) is 17.4 Å². The van der Waals surface area contributed by atoms with E-state index in [9.17, 15) is 4.39 Å². The quantitative estimate of drug-likeness (QED) is 0.845. The highest BCUT2D eigenvalue weighted by Gasteiger charge is 2.40. The fraction of sp³-hybridized carbons (Fsp3) is 0.625. The molecule has 1 unspecified atom stereocenters. The van der Waals surface area contributed by atoms with Crippen molar-refractivity contribution in [1.29, 1.82) is 0 Å². The minimum Gasteiger partial charge on any atom is -0.379 e. The Balaban J connectivity index is 1.57. The van der Waals surface area contributed by atoms with Gasteiger partial charge in [-0.25, -0.2) is 4.39 Å². The molecule has 1 aromatic rings. The number of halogens is 2. The Hall–Kier alpha value is -0.610. The molecule has 110 valence electrons. The maximum atomic E-state index is 13.7. The molecule has 1 N–H and O–H groups in total. The fourth-order valence-electron chi connectivity index (χ4n) is 3.49. The van der Waals surface area contributed by atoms with E-state index in [1.807, 2.05) is 6.07 Å². The largest absolute Gasteiger partial charge is 0.379 e. The molecule has 1 saturated heterocycles. The van der Waals surface area contributed by atoms with Gasteiger partial charge in [0, 0.05) is 11.0 Å². The summed E-state index contributed by atoms with van der Waals surface area (Å²) in [6, 6.07) is 5.03. The van der Waals surface area contributed by atoms with Crippen molar-refractivity contribution in [2.75, 3.05) is 11.9 Å². The summed E-state index contributed by atoms with van der Waals surface area (Å²) in [7, 11) is 0. The van der Waals surface area contributed by atoms with Gasteiger partial charge in [0.2, 0.25) is 0 Å². The van der Waals surface area contributed by atoms with Crippen LogP contribution >= 0.6 is 15.9 Å². The highest BCUT2D eigenvalue weighted by molar-refractivity contribution is 9.10. The van der Waals surface area contributed by atoms with Crippen LogP contribution < -0.4 is 5.32 Å². The monoisotopic (exact) mass is 341 g/mol. The summed E-state index contributed by atoms with van der Waals surface area (Å²) >= 11 is 3.38. The lowest BCUT2D eigenvalue weighted by molar-refractivity contribution is -0.0588. The lowest BCUT2D eigenvalue weighted by atomic mass is 9.83. The van der Waals surface area contributed by atoms with Crippen LogP contribution in [0.1, 0.15) is 44.9 Å². The summed E-state index contributed by atoms with van der Waals surface area (Å²) in [6.45, 7) is 0.682. The van der Waals surface area contributed by atoms with Crippen molar-refractivity contribution in [2.24, 2.45) is 0 Å². The van der Waals surface area contributed by atoms with Crippen molar-refractivity contribution >= 4 is 21.6 Å². The molecule has 1 aromatic carbocycles. The fourth-order valence-corrected chi connectivity index (χ4v) is 3.97. The Morgan fingerprint density at radius 1 is 1.25 bits per heavy atom. The highest BCUT2D eigenvalue weighted by atomic mass is 79.9. The summed E-state index contributed by atoms with van der Waals surface area (Å²) in [5, 5.41) is 3.20. The molecule has 0 bridgehead atoms. The number of para-hydroxylation sites is 1. The second kappa shape index (κ2) is 6.02. The predicted octanol–water partition coefficient (Wildman–Crippen LogP) is 4.88. The van der Waals surface area contributed by atoms with Gasteiger partial charge in [-0.15, -0.1) is 0 Å². The zero-order chi connectivity index (χ0) is 14.0. The molecule has 2 fully saturated rings. The van der Waals surface area contributed by atoms with Gasteiger partial charge < -0.3 is 10.1 Å². The first kappa shape index (κ1) is 14.3. The molecule has 1 aliphatic carbocycles. The van der Waals surface area contributed by atoms with Gasteiger partial charge in [0.15, 0.2) is 0 Å². The molecule has 1 aliphatic heterocycles. The van der Waals surface area contributed by atoms with Crippen molar-refractivity contribution in [3.8, 4) is 0 Å². The molecular weight excluding hydrogens is 321 g/mol. The normalized spacial score (nSPS) is 25.0. The number of anilines is 1. The van der Waals surface area contributed by atoms with E-state index in [2.05, 4.69) is 21.2 Å². The minimum absolute atomic E-state index is 0.136. The number of rotatable bonds is 3. The van der Waals surface area contributed by atoms with E-state index in [1.54, 1.807) is 6.07 Å². The number of hydrogen-bond acceptors (Lipinski definition) is 2. The van der Waals surface area contributed by atoms with Crippen LogP contribution in [0.4, 0.5) is 10.1 Å². The van der Waals surface area contributed by atoms with Crippen LogP contribution in [0.2, 0.25) is 0 Å². The average Bonchev–Trinajstić information content (AvgIpc) is 2.82. The van der Waals surface area contributed by atoms with Crippen LogP contribution in [0.3, 0.4) is 0 Å². The summed E-state index contributed by atoms with van der Waals surface area (Å²) in [5.74, 6) is -0.218. The molecule has 0 aromatic heterocycles. The van der Waals surface area contributed by atoms with Gasteiger partial charge in [0.1, 0.15) is 5.82 Å². The Bertz CT molecular complexity index is 453. The van der Waals surface area contributed by atoms with Crippen molar-refractivity contribution in [2.45, 2.75) is 56.7 Å². The molecule has 20 heavy (non-hydrogen) atoms. The number of hydrogen-bond donors (Lipinski definition) is 1. The predicted molar refractivity (Wildman–Crippen MR) is 82.5 cm³/mol. The first-order valence-corrected chi connectivity index (χ1v) is 8.34. The summed E-state index contributed by atoms with van der Waals surface area (Å²) in [4.78, 5) is 0. The first-order valence-electron chi connectivity index (χ1n) is 7.54. The van der Waals surface area contributed by atoms with E-state index in [1.165, 1.54) is 38.2 Å². The molecule has 2 nitrogen and oxygen atoms in total. The standard InChI is InChI=1S/C16H21BrFNO/c17-13-5-4-6-14(18)15(13)19-11-12-7-10-16(20-12)8-2-1-3-9-16/h4-6,12,19H,1-3,7-11H2. The third-order valence-corrected chi connectivity index (χ3v) is 5.23. The van der Waals surface area contributed by atoms with Crippen molar-refractivity contribution in [3.63, 3.8) is 0 Å². The topological polar surface area (TPSA) is 21.3 Å². The van der Waals surface area contributed by atoms with Gasteiger partial charge in [-0.3, -0.25) is 0 Å². The van der Waals surface area contributed by atoms with Gasteiger partial charge >= 0.3 is 0 Å². The Morgan fingerprint density at radius 2 is 2.05 bits per heavy atom. The molecule has 3 rings (SSSR count). The zero-order valence-corrected chi connectivity index (χ0v) is 13.2. The first-order chi connectivity index (χ1) is 9.69. The molecule has 1 spiro atoms. The lowest BCUT2D eigenvalue weighted by Gasteiger charge is -2.33. The van der Waals surface area contributed by atoms with Crippen molar-refractivity contribution in [1.82, 2.24) is 0 Å². The maximum absolute atomic E-state index is 13.7. The van der Waals surface area contributed by atoms with Gasteiger partial charge in [-0.1, -0.05) is 25.3 Å². The van der Waals surface area contributed by atoms with E-state index >= 15 is 0 Å². The molecule has 1 atom stereocenters. The smallest absolute Gasteiger partial charge is 0.147 e. The Labute approximate surface area is 128 Å². The van der Waals surface area contributed by atoms with E-state index < -0.39 is 0 Å². The van der Waals surface area contributed by atoms with Crippen molar-refractivity contribution < 1.29 is 9.13 Å². The van der Waals surface area contributed by atoms with Gasteiger partial charge in [0.25, 0.3) is 0 Å². The second-order valence-electron chi connectivity index (χ2n) is 6.00. The van der Waals surface area contributed by atoms with Crippen LogP contribution in [-0.4, -0.2) is 18.2 Å². The van der Waals surface area contributed by atoms with Crippen LogP contribution in [0.15, 0.2) is 22.7 Å². The van der Waals surface area contributed by atoms with E-state index in [-0.39, 0.29) is 17.5 Å². The lowest BCUT2D eigenvalue weighted by Crippen LogP contribution is -2.33. The molecule has 1 saturated carbocycles. The number of nitrogens with one attached hydrogen (secondary N) is 1. The summed E-state index contributed by atoms with van der Waals surface area (Å²) in [5.41, 5.74) is 0.678. The van der Waals surface area contributed by atoms with Crippen molar-refractivity contribution in [3.05, 3.63) is 28.5 Å². The van der Waals surface area contributed by atoms with Crippen LogP contribution in [0, 0.1) is 5.82 Å². The third-order valence-electron chi connectivity index (χ3n) is 4.57. The molecule has 4 heteroatoms. The maximum Gasteiger partial charge on any atom is 0.147 e. The van der Waals surface area contributed by atoms with Crippen LogP contribution in [-0.2, 0) is 4.74 Å². The molecule has 0 radical (unpaired) electrons. The van der Waals surface area contributed by atoms with Crippen LogP contribution in [0.25, 0.3) is 0 Å². The highest BCUT2D eigenvalue weighted by Crippen LogP contribution is 2.42. The van der Waals surface area contributed by atoms with E-state index in [4.69, 9.17) is 4.74 Å². The van der Waals surface area contributed by atoms with E-state index in [0.29, 0.717) is 12.2 Å². The number of benzene rings is 1. The second-order valence-corrected chi connectivity index (χ2v) is 6.85.